The molecule has 1 aromatic rings. The van der Waals surface area contributed by atoms with Gasteiger partial charge in [0, 0.05) is 24.9 Å². The van der Waals surface area contributed by atoms with Crippen LogP contribution in [0.5, 0.6) is 0 Å². The van der Waals surface area contributed by atoms with Gasteiger partial charge in [-0.05, 0) is 49.8 Å². The van der Waals surface area contributed by atoms with Crippen LogP contribution >= 0.6 is 11.8 Å². The Bertz CT molecular complexity index is 783. The Kier molecular flexibility index (Phi) is 16.3. The zero-order valence-corrected chi connectivity index (χ0v) is 23.5. The van der Waals surface area contributed by atoms with Crippen molar-refractivity contribution in [1.82, 2.24) is 10.6 Å². The average Bonchev–Trinajstić information content (AvgIpc) is 3.36. The number of nitrogens with one attached hydrogen (secondary N) is 3. The highest BCUT2D eigenvalue weighted by Crippen LogP contribution is 2.33. The number of carbonyl (C=O) groups is 2. The van der Waals surface area contributed by atoms with E-state index in [9.17, 15) is 9.59 Å². The molecule has 5 nitrogen and oxygen atoms in total. The number of benzene rings is 1. The van der Waals surface area contributed by atoms with E-state index >= 15 is 0 Å². The van der Waals surface area contributed by atoms with Gasteiger partial charge in [-0.3, -0.25) is 14.9 Å². The molecule has 2 atom stereocenters. The van der Waals surface area contributed by atoms with E-state index in [1.54, 1.807) is 11.8 Å². The van der Waals surface area contributed by atoms with E-state index in [0.29, 0.717) is 0 Å². The number of carbonyl (C=O) groups excluding carboxylic acids is 2. The lowest BCUT2D eigenvalue weighted by molar-refractivity contribution is -0.122. The average molecular weight is 516 g/mol. The van der Waals surface area contributed by atoms with Crippen LogP contribution in [-0.4, -0.2) is 30.2 Å². The number of allylic oxidation sites excluding steroid dienone is 2. The van der Waals surface area contributed by atoms with E-state index < -0.39 is 0 Å². The highest BCUT2D eigenvalue weighted by molar-refractivity contribution is 7.99. The zero-order chi connectivity index (χ0) is 25.8. The van der Waals surface area contributed by atoms with Crippen molar-refractivity contribution in [2.45, 2.75) is 115 Å². The first-order valence-corrected chi connectivity index (χ1v) is 15.3. The quantitative estimate of drug-likeness (QED) is 0.132. The van der Waals surface area contributed by atoms with Gasteiger partial charge in [-0.15, -0.1) is 11.8 Å². The topological polar surface area (TPSA) is 70.2 Å². The van der Waals surface area contributed by atoms with E-state index in [0.717, 1.165) is 30.0 Å². The third-order valence-electron chi connectivity index (χ3n) is 6.60. The second-order valence-electron chi connectivity index (χ2n) is 9.97. The predicted molar refractivity (Wildman–Crippen MR) is 155 cm³/mol. The summed E-state index contributed by atoms with van der Waals surface area (Å²) in [6.45, 7) is 4.53. The smallest absolute Gasteiger partial charge is 0.238 e. The molecule has 202 valence electrons. The van der Waals surface area contributed by atoms with Crippen molar-refractivity contribution in [3.05, 3.63) is 42.0 Å². The number of amides is 2. The van der Waals surface area contributed by atoms with Crippen molar-refractivity contribution in [3.8, 4) is 0 Å². The minimum Gasteiger partial charge on any atom is -0.355 e. The van der Waals surface area contributed by atoms with Crippen LogP contribution in [0.3, 0.4) is 0 Å². The molecule has 0 aromatic heterocycles. The Balaban J connectivity index is 1.44. The van der Waals surface area contributed by atoms with Crippen molar-refractivity contribution in [3.63, 3.8) is 0 Å². The van der Waals surface area contributed by atoms with Crippen molar-refractivity contribution in [2.24, 2.45) is 0 Å². The van der Waals surface area contributed by atoms with Gasteiger partial charge in [0.25, 0.3) is 0 Å². The highest BCUT2D eigenvalue weighted by atomic mass is 32.2. The molecule has 3 N–H and O–H groups in total. The van der Waals surface area contributed by atoms with Crippen LogP contribution in [0.2, 0.25) is 0 Å². The summed E-state index contributed by atoms with van der Waals surface area (Å²) in [5, 5.41) is 9.41. The lowest BCUT2D eigenvalue weighted by Gasteiger charge is -2.15. The van der Waals surface area contributed by atoms with Crippen LogP contribution in [0.4, 0.5) is 5.69 Å². The zero-order valence-electron chi connectivity index (χ0n) is 22.7. The fourth-order valence-corrected chi connectivity index (χ4v) is 5.74. The lowest BCUT2D eigenvalue weighted by atomic mass is 10.1. The number of unbranched alkanes of at least 4 members (excludes halogenated alkanes) is 12. The molecule has 0 aliphatic carbocycles. The third-order valence-corrected chi connectivity index (χ3v) is 7.86. The monoisotopic (exact) mass is 515 g/mol. The summed E-state index contributed by atoms with van der Waals surface area (Å²) in [5.41, 5.74) is 1.86. The maximum atomic E-state index is 12.5. The SMILES string of the molecule is CCCCCCCCC/C=C/CCCCCCCNC(=O)[C@@H]1CSC(c2cccc(NC(C)=O)c2)N1. The summed E-state index contributed by atoms with van der Waals surface area (Å²) in [4.78, 5) is 23.8. The molecule has 0 radical (unpaired) electrons. The van der Waals surface area contributed by atoms with E-state index in [2.05, 4.69) is 35.0 Å². The molecule has 0 spiro atoms. The Labute approximate surface area is 224 Å². The van der Waals surface area contributed by atoms with Crippen molar-refractivity contribution in [2.75, 3.05) is 17.6 Å². The minimum absolute atomic E-state index is 0.0686. The molecule has 36 heavy (non-hydrogen) atoms. The number of rotatable bonds is 19. The summed E-state index contributed by atoms with van der Waals surface area (Å²) < 4.78 is 0. The van der Waals surface area contributed by atoms with E-state index in [1.165, 1.54) is 90.4 Å². The highest BCUT2D eigenvalue weighted by Gasteiger charge is 2.30. The Morgan fingerprint density at radius 3 is 2.25 bits per heavy atom. The normalized spacial score (nSPS) is 17.5. The summed E-state index contributed by atoms with van der Waals surface area (Å²) in [6, 6.07) is 7.64. The first-order chi connectivity index (χ1) is 17.6. The fourth-order valence-electron chi connectivity index (χ4n) is 4.51. The Morgan fingerprint density at radius 2 is 1.58 bits per heavy atom. The van der Waals surface area contributed by atoms with Crippen LogP contribution in [0.15, 0.2) is 36.4 Å². The van der Waals surface area contributed by atoms with Gasteiger partial charge in [-0.2, -0.15) is 0 Å². The van der Waals surface area contributed by atoms with Gasteiger partial charge in [0.2, 0.25) is 11.8 Å². The third kappa shape index (κ3) is 13.5. The van der Waals surface area contributed by atoms with Crippen LogP contribution < -0.4 is 16.0 Å². The molecule has 0 bridgehead atoms. The predicted octanol–water partition coefficient (Wildman–Crippen LogP) is 7.50. The van der Waals surface area contributed by atoms with Gasteiger partial charge in [0.1, 0.15) is 0 Å². The summed E-state index contributed by atoms with van der Waals surface area (Å²) in [7, 11) is 0. The first-order valence-electron chi connectivity index (χ1n) is 14.3. The first kappa shape index (κ1) is 30.4. The van der Waals surface area contributed by atoms with Gasteiger partial charge in [-0.25, -0.2) is 0 Å². The van der Waals surface area contributed by atoms with Crippen molar-refractivity contribution < 1.29 is 9.59 Å². The van der Waals surface area contributed by atoms with Gasteiger partial charge in [-0.1, -0.05) is 89.0 Å². The maximum Gasteiger partial charge on any atom is 0.238 e. The van der Waals surface area contributed by atoms with Gasteiger partial charge >= 0.3 is 0 Å². The van der Waals surface area contributed by atoms with Crippen LogP contribution in [0.25, 0.3) is 0 Å². The second-order valence-corrected chi connectivity index (χ2v) is 11.1. The largest absolute Gasteiger partial charge is 0.355 e. The van der Waals surface area contributed by atoms with E-state index in [4.69, 9.17) is 0 Å². The van der Waals surface area contributed by atoms with Crippen LogP contribution in [0, 0.1) is 0 Å². The molecule has 1 unspecified atom stereocenters. The standard InChI is InChI=1S/C30H49N3O2S/c1-3-4-5-6-7-8-9-10-11-12-13-14-15-16-17-18-22-31-29(35)28-24-36-30(33-28)26-20-19-21-27(23-26)32-25(2)34/h11-12,19-21,23,28,30,33H,3-10,13-18,22,24H2,1-2H3,(H,31,35)(H,32,34)/b12-11+/t28-,30?/m0/s1. The molecule has 0 saturated carbocycles. The number of hydrogen-bond donors (Lipinski definition) is 3. The molecule has 2 amide bonds. The number of anilines is 1. The van der Waals surface area contributed by atoms with Gasteiger partial charge in [0.15, 0.2) is 0 Å². The van der Waals surface area contributed by atoms with E-state index in [1.807, 2.05) is 24.3 Å². The molecule has 1 saturated heterocycles. The van der Waals surface area contributed by atoms with E-state index in [-0.39, 0.29) is 23.2 Å². The van der Waals surface area contributed by atoms with Crippen molar-refractivity contribution >= 4 is 29.3 Å². The maximum absolute atomic E-state index is 12.5. The summed E-state index contributed by atoms with van der Waals surface area (Å²) >= 11 is 1.73. The minimum atomic E-state index is -0.169. The fraction of sp³-hybridized carbons (Fsp3) is 0.667. The molecule has 6 heteroatoms. The molecule has 1 aromatic carbocycles. The number of hydrogen-bond acceptors (Lipinski definition) is 4. The van der Waals surface area contributed by atoms with Gasteiger partial charge < -0.3 is 10.6 Å². The van der Waals surface area contributed by atoms with Crippen LogP contribution in [0.1, 0.15) is 115 Å². The lowest BCUT2D eigenvalue weighted by Crippen LogP contribution is -2.42. The Morgan fingerprint density at radius 1 is 0.944 bits per heavy atom. The Hall–Kier alpha value is -1.79. The van der Waals surface area contributed by atoms with Gasteiger partial charge in [0.05, 0.1) is 11.4 Å². The van der Waals surface area contributed by atoms with Crippen molar-refractivity contribution in [1.29, 1.82) is 0 Å². The molecule has 1 aliphatic heterocycles. The molecule has 2 rings (SSSR count). The second kappa shape index (κ2) is 19.3. The molecule has 1 heterocycles. The molecule has 1 fully saturated rings. The molecular weight excluding hydrogens is 466 g/mol. The number of thioether (sulfide) groups is 1. The molecule has 1 aliphatic rings. The molecular formula is C30H49N3O2S. The summed E-state index contributed by atoms with van der Waals surface area (Å²) in [6.07, 6.45) is 22.9. The van der Waals surface area contributed by atoms with Crippen LogP contribution in [-0.2, 0) is 9.59 Å². The summed E-state index contributed by atoms with van der Waals surface area (Å²) in [5.74, 6) is 0.768.